The van der Waals surface area contributed by atoms with Gasteiger partial charge in [0.1, 0.15) is 0 Å². The summed E-state index contributed by atoms with van der Waals surface area (Å²) in [6.07, 6.45) is 9.55. The van der Waals surface area contributed by atoms with Gasteiger partial charge in [0.15, 0.2) is 0 Å². The van der Waals surface area contributed by atoms with E-state index in [0.717, 1.165) is 12.8 Å². The lowest BCUT2D eigenvalue weighted by atomic mass is 10.1. The fourth-order valence-corrected chi connectivity index (χ4v) is 0.986. The Morgan fingerprint density at radius 3 is 2.50 bits per heavy atom. The molecule has 0 spiro atoms. The Morgan fingerprint density at radius 2 is 1.92 bits per heavy atom. The van der Waals surface area contributed by atoms with Gasteiger partial charge in [0.05, 0.1) is 6.42 Å². The lowest BCUT2D eigenvalue weighted by molar-refractivity contribution is -0.142. The van der Waals surface area contributed by atoms with Crippen LogP contribution < -0.4 is 0 Å². The fraction of sp³-hybridized carbons (Fsp3) is 0.700. The van der Waals surface area contributed by atoms with Gasteiger partial charge in [-0.15, -0.1) is 0 Å². The summed E-state index contributed by atoms with van der Waals surface area (Å²) in [6, 6.07) is 0. The highest BCUT2D eigenvalue weighted by Gasteiger charge is 1.91. The van der Waals surface area contributed by atoms with Crippen molar-refractivity contribution in [3.8, 4) is 0 Å². The molecule has 0 saturated carbocycles. The molecule has 0 amide bonds. The van der Waals surface area contributed by atoms with Crippen LogP contribution in [0.2, 0.25) is 0 Å². The number of rotatable bonds is 7. The molecule has 0 bridgehead atoms. The van der Waals surface area contributed by atoms with Crippen LogP contribution in [0.1, 0.15) is 45.4 Å². The monoisotopic (exact) mass is 169 g/mol. The highest BCUT2D eigenvalue weighted by atomic mass is 16.4. The van der Waals surface area contributed by atoms with Crippen molar-refractivity contribution < 1.29 is 9.90 Å². The summed E-state index contributed by atoms with van der Waals surface area (Å²) in [5.41, 5.74) is 0. The summed E-state index contributed by atoms with van der Waals surface area (Å²) < 4.78 is 0. The van der Waals surface area contributed by atoms with Crippen LogP contribution in [-0.2, 0) is 9.90 Å². The number of carbonyl (C=O) groups excluding carboxylic acids is 1. The van der Waals surface area contributed by atoms with Crippen molar-refractivity contribution in [1.82, 2.24) is 0 Å². The Hall–Kier alpha value is -0.790. The van der Waals surface area contributed by atoms with Gasteiger partial charge in [-0.05, 0) is 12.8 Å². The molecule has 0 fully saturated rings. The summed E-state index contributed by atoms with van der Waals surface area (Å²) in [6.45, 7) is 2.17. The molecule has 0 saturated heterocycles. The molecular weight excluding hydrogens is 152 g/mol. The minimum atomic E-state index is -1.00. The SMILES string of the molecule is CCCCCC/C=C\CC([O])=O. The van der Waals surface area contributed by atoms with Gasteiger partial charge in [0, 0.05) is 0 Å². The molecule has 0 N–H and O–H groups in total. The van der Waals surface area contributed by atoms with E-state index in [1.807, 2.05) is 6.08 Å². The van der Waals surface area contributed by atoms with E-state index in [1.165, 1.54) is 19.3 Å². The highest BCUT2D eigenvalue weighted by molar-refractivity contribution is 5.68. The number of unbranched alkanes of at least 4 members (excludes halogenated alkanes) is 4. The lowest BCUT2D eigenvalue weighted by Gasteiger charge is -1.93. The van der Waals surface area contributed by atoms with Crippen molar-refractivity contribution in [3.63, 3.8) is 0 Å². The van der Waals surface area contributed by atoms with Gasteiger partial charge < -0.3 is 0 Å². The molecule has 0 aromatic heterocycles. The summed E-state index contributed by atoms with van der Waals surface area (Å²) in [7, 11) is 0. The van der Waals surface area contributed by atoms with Gasteiger partial charge in [0.25, 0.3) is 0 Å². The molecule has 2 heteroatoms. The van der Waals surface area contributed by atoms with E-state index in [9.17, 15) is 9.90 Å². The maximum atomic E-state index is 9.97. The predicted molar refractivity (Wildman–Crippen MR) is 48.2 cm³/mol. The number of allylic oxidation sites excluding steroid dienone is 1. The van der Waals surface area contributed by atoms with Crippen LogP contribution >= 0.6 is 0 Å². The van der Waals surface area contributed by atoms with Crippen LogP contribution in [0.15, 0.2) is 12.2 Å². The Morgan fingerprint density at radius 1 is 1.17 bits per heavy atom. The van der Waals surface area contributed by atoms with Gasteiger partial charge in [-0.1, -0.05) is 38.3 Å². The average molecular weight is 169 g/mol. The summed E-state index contributed by atoms with van der Waals surface area (Å²) in [5, 5.41) is 9.97. The third-order valence-electron chi connectivity index (χ3n) is 1.68. The normalized spacial score (nSPS) is 10.8. The number of hydrogen-bond acceptors (Lipinski definition) is 1. The molecule has 0 atom stereocenters. The summed E-state index contributed by atoms with van der Waals surface area (Å²) in [4.78, 5) is 9.97. The topological polar surface area (TPSA) is 37.0 Å². The Bertz CT molecular complexity index is 139. The molecule has 2 nitrogen and oxygen atoms in total. The van der Waals surface area contributed by atoms with Crippen molar-refractivity contribution >= 4 is 5.97 Å². The van der Waals surface area contributed by atoms with Crippen LogP contribution in [0.25, 0.3) is 0 Å². The Labute approximate surface area is 74.3 Å². The molecule has 0 aromatic carbocycles. The average Bonchev–Trinajstić information content (AvgIpc) is 2.02. The summed E-state index contributed by atoms with van der Waals surface area (Å²) in [5.74, 6) is -1.00. The summed E-state index contributed by atoms with van der Waals surface area (Å²) >= 11 is 0. The molecule has 12 heavy (non-hydrogen) atoms. The lowest BCUT2D eigenvalue weighted by Crippen LogP contribution is -1.86. The third-order valence-corrected chi connectivity index (χ3v) is 1.68. The molecular formula is C10H17O2. The van der Waals surface area contributed by atoms with Crippen molar-refractivity contribution in [2.75, 3.05) is 0 Å². The van der Waals surface area contributed by atoms with E-state index < -0.39 is 5.97 Å². The first-order chi connectivity index (χ1) is 5.77. The molecule has 0 heterocycles. The van der Waals surface area contributed by atoms with Gasteiger partial charge in [-0.2, -0.15) is 0 Å². The first kappa shape index (κ1) is 11.2. The quantitative estimate of drug-likeness (QED) is 0.426. The minimum Gasteiger partial charge on any atom is -0.247 e. The molecule has 0 aliphatic heterocycles. The van der Waals surface area contributed by atoms with E-state index in [1.54, 1.807) is 6.08 Å². The van der Waals surface area contributed by atoms with Crippen molar-refractivity contribution in [2.45, 2.75) is 45.4 Å². The minimum absolute atomic E-state index is 0.0494. The van der Waals surface area contributed by atoms with E-state index in [-0.39, 0.29) is 6.42 Å². The molecule has 0 aliphatic rings. The smallest absolute Gasteiger partial charge is 0.247 e. The number of hydrogen-bond donors (Lipinski definition) is 0. The van der Waals surface area contributed by atoms with Gasteiger partial charge in [-0.3, -0.25) is 0 Å². The second kappa shape index (κ2) is 8.31. The van der Waals surface area contributed by atoms with Crippen molar-refractivity contribution in [3.05, 3.63) is 12.2 Å². The largest absolute Gasteiger partial charge is 0.359 e. The standard InChI is InChI=1S/C10H17O2/c1-2-3-4-5-6-7-8-9-10(11)12/h7-8H,2-6,9H2,1H3/b8-7-. The second-order valence-electron chi connectivity index (χ2n) is 2.90. The molecule has 0 rings (SSSR count). The zero-order chi connectivity index (χ0) is 9.23. The van der Waals surface area contributed by atoms with Crippen molar-refractivity contribution in [1.29, 1.82) is 0 Å². The van der Waals surface area contributed by atoms with Gasteiger partial charge >= 0.3 is 5.97 Å². The maximum Gasteiger partial charge on any atom is 0.359 e. The van der Waals surface area contributed by atoms with Crippen molar-refractivity contribution in [2.24, 2.45) is 0 Å². The Kier molecular flexibility index (Phi) is 7.76. The molecule has 0 unspecified atom stereocenters. The molecule has 0 aliphatic carbocycles. The van der Waals surface area contributed by atoms with E-state index in [0.29, 0.717) is 0 Å². The van der Waals surface area contributed by atoms with Crippen LogP contribution in [0.4, 0.5) is 0 Å². The van der Waals surface area contributed by atoms with Crippen LogP contribution in [-0.4, -0.2) is 5.97 Å². The van der Waals surface area contributed by atoms with Crippen LogP contribution in [0, 0.1) is 0 Å². The predicted octanol–water partition coefficient (Wildman–Crippen LogP) is 2.86. The van der Waals surface area contributed by atoms with Crippen LogP contribution in [0.5, 0.6) is 0 Å². The zero-order valence-corrected chi connectivity index (χ0v) is 7.71. The maximum absolute atomic E-state index is 9.97. The second-order valence-corrected chi connectivity index (χ2v) is 2.90. The van der Waals surface area contributed by atoms with E-state index in [2.05, 4.69) is 6.92 Å². The highest BCUT2D eigenvalue weighted by Crippen LogP contribution is 2.02. The van der Waals surface area contributed by atoms with Gasteiger partial charge in [0.2, 0.25) is 0 Å². The number of carbonyl (C=O) groups is 1. The molecule has 69 valence electrons. The first-order valence-corrected chi connectivity index (χ1v) is 4.62. The van der Waals surface area contributed by atoms with E-state index >= 15 is 0 Å². The molecule has 0 aromatic rings. The first-order valence-electron chi connectivity index (χ1n) is 4.62. The van der Waals surface area contributed by atoms with Gasteiger partial charge in [-0.25, -0.2) is 9.90 Å². The van der Waals surface area contributed by atoms with E-state index in [4.69, 9.17) is 0 Å². The third kappa shape index (κ3) is 9.21. The Balaban J connectivity index is 3.08. The molecule has 1 radical (unpaired) electrons. The fourth-order valence-electron chi connectivity index (χ4n) is 0.986. The van der Waals surface area contributed by atoms with Crippen LogP contribution in [0.3, 0.4) is 0 Å². The zero-order valence-electron chi connectivity index (χ0n) is 7.71.